The third-order valence-corrected chi connectivity index (χ3v) is 5.86. The third-order valence-electron chi connectivity index (χ3n) is 5.37. The van der Waals surface area contributed by atoms with Gasteiger partial charge in [0, 0.05) is 28.5 Å². The fourth-order valence-electron chi connectivity index (χ4n) is 3.73. The summed E-state index contributed by atoms with van der Waals surface area (Å²) in [6, 6.07) is 23.1. The number of fused-ring (bicyclic) bond motifs is 1. The molecule has 0 saturated carbocycles. The van der Waals surface area contributed by atoms with Crippen molar-refractivity contribution in [2.45, 2.75) is 0 Å². The van der Waals surface area contributed by atoms with Gasteiger partial charge in [-0.3, -0.25) is 9.59 Å². The monoisotopic (exact) mass is 504 g/mol. The van der Waals surface area contributed by atoms with Crippen LogP contribution in [0.5, 0.6) is 0 Å². The summed E-state index contributed by atoms with van der Waals surface area (Å²) in [5.74, 6) is -0.169. The summed E-state index contributed by atoms with van der Waals surface area (Å²) in [4.78, 5) is 29.0. The van der Waals surface area contributed by atoms with Gasteiger partial charge in [0.1, 0.15) is 0 Å². The highest BCUT2D eigenvalue weighted by molar-refractivity contribution is 9.10. The number of benzene rings is 3. The second-order valence-electron chi connectivity index (χ2n) is 8.13. The molecule has 2 amide bonds. The smallest absolute Gasteiger partial charge is 0.258 e. The maximum atomic E-state index is 13.0. The van der Waals surface area contributed by atoms with E-state index in [0.717, 1.165) is 32.7 Å². The summed E-state index contributed by atoms with van der Waals surface area (Å²) in [7, 11) is 5.50. The summed E-state index contributed by atoms with van der Waals surface area (Å²) in [5, 5.41) is 6.42. The Labute approximate surface area is 202 Å². The van der Waals surface area contributed by atoms with Crippen molar-refractivity contribution in [1.82, 2.24) is 4.90 Å². The summed E-state index contributed by atoms with van der Waals surface area (Å²) in [6.07, 6.45) is 0. The van der Waals surface area contributed by atoms with Gasteiger partial charge in [0.2, 0.25) is 5.91 Å². The van der Waals surface area contributed by atoms with Gasteiger partial charge < -0.3 is 20.4 Å². The Morgan fingerprint density at radius 1 is 0.970 bits per heavy atom. The lowest BCUT2D eigenvalue weighted by atomic mass is 10.00. The first-order chi connectivity index (χ1) is 15.8. The van der Waals surface area contributed by atoms with Crippen molar-refractivity contribution in [1.29, 1.82) is 0 Å². The molecule has 33 heavy (non-hydrogen) atoms. The molecule has 0 radical (unpaired) electrons. The standard InChI is InChI=1S/C26H25BrN4O2/c1-30(2)16-23(32)31(3)20-11-7-10-19(15-20)28-25(17-8-5-4-6-9-17)24-21-13-12-18(27)14-22(21)29-26(24)33/h4-15,28H,16H2,1-3H3,(H,29,33). The van der Waals surface area contributed by atoms with Gasteiger partial charge in [0.05, 0.1) is 23.5 Å². The van der Waals surface area contributed by atoms with Crippen LogP contribution in [-0.4, -0.2) is 44.4 Å². The molecule has 4 rings (SSSR count). The molecule has 0 aromatic heterocycles. The van der Waals surface area contributed by atoms with E-state index in [4.69, 9.17) is 0 Å². The molecule has 3 aromatic rings. The topological polar surface area (TPSA) is 64.7 Å². The van der Waals surface area contributed by atoms with Crippen molar-refractivity contribution in [3.8, 4) is 0 Å². The number of nitrogens with zero attached hydrogens (tertiary/aromatic N) is 2. The fourth-order valence-corrected chi connectivity index (χ4v) is 4.10. The second-order valence-corrected chi connectivity index (χ2v) is 9.04. The third kappa shape index (κ3) is 4.99. The van der Waals surface area contributed by atoms with Crippen LogP contribution in [0.2, 0.25) is 0 Å². The molecule has 0 fully saturated rings. The highest BCUT2D eigenvalue weighted by atomic mass is 79.9. The number of rotatable bonds is 6. The van der Waals surface area contributed by atoms with Crippen molar-refractivity contribution >= 4 is 56.1 Å². The van der Waals surface area contributed by atoms with E-state index in [1.54, 1.807) is 11.9 Å². The molecule has 2 N–H and O–H groups in total. The van der Waals surface area contributed by atoms with Crippen LogP contribution in [0.25, 0.3) is 11.3 Å². The number of anilines is 3. The van der Waals surface area contributed by atoms with Crippen LogP contribution in [0.1, 0.15) is 11.1 Å². The van der Waals surface area contributed by atoms with Gasteiger partial charge in [-0.15, -0.1) is 0 Å². The van der Waals surface area contributed by atoms with E-state index in [1.807, 2.05) is 91.8 Å². The number of hydrogen-bond donors (Lipinski definition) is 2. The lowest BCUT2D eigenvalue weighted by Gasteiger charge is -2.21. The Kier molecular flexibility index (Phi) is 6.62. The zero-order valence-electron chi connectivity index (χ0n) is 18.7. The quantitative estimate of drug-likeness (QED) is 0.468. The Balaban J connectivity index is 1.76. The fraction of sp³-hybridized carbons (Fsp3) is 0.154. The van der Waals surface area contributed by atoms with Crippen molar-refractivity contribution in [2.24, 2.45) is 0 Å². The average Bonchev–Trinajstić information content (AvgIpc) is 3.11. The summed E-state index contributed by atoms with van der Waals surface area (Å²) >= 11 is 3.47. The first-order valence-corrected chi connectivity index (χ1v) is 11.3. The highest BCUT2D eigenvalue weighted by Crippen LogP contribution is 2.39. The maximum absolute atomic E-state index is 13.0. The van der Waals surface area contributed by atoms with Gasteiger partial charge in [-0.05, 0) is 50.0 Å². The van der Waals surface area contributed by atoms with Gasteiger partial charge in [0.25, 0.3) is 5.91 Å². The molecule has 7 heteroatoms. The zero-order chi connectivity index (χ0) is 23.5. The number of hydrogen-bond acceptors (Lipinski definition) is 4. The molecule has 1 aliphatic heterocycles. The molecular formula is C26H25BrN4O2. The number of likely N-dealkylation sites (N-methyl/N-ethyl adjacent to an activating group) is 2. The number of carbonyl (C=O) groups excluding carboxylic acids is 2. The Morgan fingerprint density at radius 2 is 1.73 bits per heavy atom. The van der Waals surface area contributed by atoms with Gasteiger partial charge in [-0.25, -0.2) is 0 Å². The van der Waals surface area contributed by atoms with E-state index in [1.165, 1.54) is 0 Å². The largest absolute Gasteiger partial charge is 0.354 e. The van der Waals surface area contributed by atoms with E-state index in [0.29, 0.717) is 17.8 Å². The molecule has 0 unspecified atom stereocenters. The van der Waals surface area contributed by atoms with Crippen LogP contribution in [0, 0.1) is 0 Å². The lowest BCUT2D eigenvalue weighted by Crippen LogP contribution is -2.35. The number of carbonyl (C=O) groups is 2. The van der Waals surface area contributed by atoms with Gasteiger partial charge in [0.15, 0.2) is 0 Å². The Hall–Kier alpha value is -3.42. The lowest BCUT2D eigenvalue weighted by molar-refractivity contribution is -0.119. The molecule has 0 spiro atoms. The SMILES string of the molecule is CN(C)CC(=O)N(C)c1cccc(NC(=C2C(=O)Nc3cc(Br)ccc32)c2ccccc2)c1. The van der Waals surface area contributed by atoms with Crippen molar-refractivity contribution in [3.63, 3.8) is 0 Å². The van der Waals surface area contributed by atoms with Gasteiger partial charge in [-0.1, -0.05) is 58.4 Å². The zero-order valence-corrected chi connectivity index (χ0v) is 20.3. The molecule has 0 saturated heterocycles. The van der Waals surface area contributed by atoms with Crippen molar-refractivity contribution in [2.75, 3.05) is 43.2 Å². The van der Waals surface area contributed by atoms with Gasteiger partial charge >= 0.3 is 0 Å². The molecule has 168 valence electrons. The van der Waals surface area contributed by atoms with E-state index < -0.39 is 0 Å². The van der Waals surface area contributed by atoms with Crippen molar-refractivity contribution < 1.29 is 9.59 Å². The van der Waals surface area contributed by atoms with Crippen molar-refractivity contribution in [3.05, 3.63) is 88.4 Å². The normalized spacial score (nSPS) is 14.0. The van der Waals surface area contributed by atoms with Crippen LogP contribution in [0.15, 0.2) is 77.3 Å². The molecule has 0 atom stereocenters. The van der Waals surface area contributed by atoms with Crippen LogP contribution in [-0.2, 0) is 9.59 Å². The van der Waals surface area contributed by atoms with Crippen LogP contribution < -0.4 is 15.5 Å². The second kappa shape index (κ2) is 9.60. The van der Waals surface area contributed by atoms with Crippen LogP contribution in [0.3, 0.4) is 0 Å². The van der Waals surface area contributed by atoms with Crippen LogP contribution >= 0.6 is 15.9 Å². The molecule has 1 heterocycles. The molecule has 0 bridgehead atoms. The molecule has 0 aliphatic carbocycles. The summed E-state index contributed by atoms with van der Waals surface area (Å²) < 4.78 is 0.898. The minimum atomic E-state index is -0.163. The van der Waals surface area contributed by atoms with Gasteiger partial charge in [-0.2, -0.15) is 0 Å². The minimum Gasteiger partial charge on any atom is -0.354 e. The maximum Gasteiger partial charge on any atom is 0.258 e. The summed E-state index contributed by atoms with van der Waals surface area (Å²) in [6.45, 7) is 0.319. The first-order valence-electron chi connectivity index (χ1n) is 10.5. The van der Waals surface area contributed by atoms with Crippen LogP contribution in [0.4, 0.5) is 17.1 Å². The van der Waals surface area contributed by atoms with E-state index in [2.05, 4.69) is 26.6 Å². The molecular weight excluding hydrogens is 480 g/mol. The van der Waals surface area contributed by atoms with E-state index >= 15 is 0 Å². The molecule has 1 aliphatic rings. The number of amides is 2. The number of nitrogens with one attached hydrogen (secondary N) is 2. The van der Waals surface area contributed by atoms with E-state index in [9.17, 15) is 9.59 Å². The molecule has 3 aromatic carbocycles. The summed E-state index contributed by atoms with van der Waals surface area (Å²) in [5.41, 5.74) is 5.32. The minimum absolute atomic E-state index is 0.00605. The number of halogens is 1. The Bertz CT molecular complexity index is 1240. The average molecular weight is 505 g/mol. The van der Waals surface area contributed by atoms with E-state index in [-0.39, 0.29) is 11.8 Å². The predicted molar refractivity (Wildman–Crippen MR) is 138 cm³/mol. The molecule has 6 nitrogen and oxygen atoms in total. The predicted octanol–water partition coefficient (Wildman–Crippen LogP) is 4.91. The Morgan fingerprint density at radius 3 is 2.45 bits per heavy atom. The highest BCUT2D eigenvalue weighted by Gasteiger charge is 2.28. The first kappa shape index (κ1) is 22.8.